The Hall–Kier alpha value is -1.92. The maximum Gasteiger partial charge on any atom is 0.304 e. The van der Waals surface area contributed by atoms with Gasteiger partial charge < -0.3 is 10.4 Å². The molecule has 7 heteroatoms. The van der Waals surface area contributed by atoms with Gasteiger partial charge in [0.15, 0.2) is 5.13 Å². The SMILES string of the molecule is O=C(O)C[C@@H](CC1CCCCC1)C(=O)Nc1nc(-c2ccccc2Cl)cs1. The summed E-state index contributed by atoms with van der Waals surface area (Å²) in [6.45, 7) is 0. The van der Waals surface area contributed by atoms with E-state index in [0.29, 0.717) is 28.2 Å². The molecule has 1 amide bonds. The molecule has 1 aromatic carbocycles. The van der Waals surface area contributed by atoms with E-state index in [9.17, 15) is 14.7 Å². The number of aliphatic carboxylic acids is 1. The molecule has 0 aliphatic heterocycles. The van der Waals surface area contributed by atoms with Crippen molar-refractivity contribution in [3.05, 3.63) is 34.7 Å². The van der Waals surface area contributed by atoms with Crippen molar-refractivity contribution >= 4 is 39.9 Å². The second-order valence-electron chi connectivity index (χ2n) is 7.04. The molecular weight excluding hydrogens is 384 g/mol. The normalized spacial score (nSPS) is 16.0. The van der Waals surface area contributed by atoms with E-state index in [1.165, 1.54) is 30.6 Å². The van der Waals surface area contributed by atoms with E-state index < -0.39 is 11.9 Å². The molecule has 2 N–H and O–H groups in total. The fourth-order valence-electron chi connectivity index (χ4n) is 3.65. The van der Waals surface area contributed by atoms with Crippen molar-refractivity contribution in [2.24, 2.45) is 11.8 Å². The van der Waals surface area contributed by atoms with E-state index in [-0.39, 0.29) is 12.3 Å². The standard InChI is InChI=1S/C20H23ClN2O3S/c21-16-9-5-4-8-15(16)17-12-27-20(22-17)23-19(26)14(11-18(24)25)10-13-6-2-1-3-7-13/h4-5,8-9,12-14H,1-3,6-7,10-11H2,(H,24,25)(H,22,23,26)/t14-/m1/s1. The van der Waals surface area contributed by atoms with Gasteiger partial charge in [-0.05, 0) is 18.4 Å². The summed E-state index contributed by atoms with van der Waals surface area (Å²) in [5.74, 6) is -1.30. The summed E-state index contributed by atoms with van der Waals surface area (Å²) in [4.78, 5) is 28.4. The highest BCUT2D eigenvalue weighted by molar-refractivity contribution is 7.14. The Morgan fingerprint density at radius 3 is 2.70 bits per heavy atom. The Morgan fingerprint density at radius 2 is 2.00 bits per heavy atom. The number of rotatable bonds is 7. The third-order valence-corrected chi connectivity index (χ3v) is 6.11. The highest BCUT2D eigenvalue weighted by Crippen LogP contribution is 2.32. The first-order chi connectivity index (χ1) is 13.0. The van der Waals surface area contributed by atoms with Crippen LogP contribution in [0.1, 0.15) is 44.9 Å². The number of hydrogen-bond donors (Lipinski definition) is 2. The van der Waals surface area contributed by atoms with Crippen molar-refractivity contribution in [3.8, 4) is 11.3 Å². The summed E-state index contributed by atoms with van der Waals surface area (Å²) in [5, 5.41) is 14.9. The van der Waals surface area contributed by atoms with Gasteiger partial charge in [0.2, 0.25) is 5.91 Å². The molecular formula is C20H23ClN2O3S. The lowest BCUT2D eigenvalue weighted by atomic mass is 9.81. The minimum absolute atomic E-state index is 0.148. The predicted molar refractivity (Wildman–Crippen MR) is 108 cm³/mol. The van der Waals surface area contributed by atoms with Crippen LogP contribution in [0.15, 0.2) is 29.6 Å². The fourth-order valence-corrected chi connectivity index (χ4v) is 4.60. The van der Waals surface area contributed by atoms with E-state index in [1.54, 1.807) is 6.07 Å². The number of hydrogen-bond acceptors (Lipinski definition) is 4. The highest BCUT2D eigenvalue weighted by atomic mass is 35.5. The summed E-state index contributed by atoms with van der Waals surface area (Å²) >= 11 is 7.52. The van der Waals surface area contributed by atoms with E-state index in [2.05, 4.69) is 10.3 Å². The lowest BCUT2D eigenvalue weighted by molar-refractivity contribution is -0.140. The Morgan fingerprint density at radius 1 is 1.26 bits per heavy atom. The van der Waals surface area contributed by atoms with E-state index in [0.717, 1.165) is 18.4 Å². The molecule has 1 aliphatic rings. The van der Waals surface area contributed by atoms with E-state index in [1.807, 2.05) is 23.6 Å². The highest BCUT2D eigenvalue weighted by Gasteiger charge is 2.27. The van der Waals surface area contributed by atoms with Gasteiger partial charge in [0.25, 0.3) is 0 Å². The van der Waals surface area contributed by atoms with Crippen LogP contribution in [0.2, 0.25) is 5.02 Å². The molecule has 0 radical (unpaired) electrons. The molecule has 27 heavy (non-hydrogen) atoms. The van der Waals surface area contributed by atoms with Gasteiger partial charge in [0, 0.05) is 21.9 Å². The summed E-state index contributed by atoms with van der Waals surface area (Å²) in [6, 6.07) is 7.40. The Bertz CT molecular complexity index is 802. The van der Waals surface area contributed by atoms with Crippen LogP contribution in [-0.4, -0.2) is 22.0 Å². The maximum atomic E-state index is 12.7. The van der Waals surface area contributed by atoms with Crippen molar-refractivity contribution in [3.63, 3.8) is 0 Å². The number of amides is 1. The molecule has 5 nitrogen and oxygen atoms in total. The monoisotopic (exact) mass is 406 g/mol. The summed E-state index contributed by atoms with van der Waals surface area (Å²) in [6.07, 6.45) is 6.20. The van der Waals surface area contributed by atoms with E-state index >= 15 is 0 Å². The number of carbonyl (C=O) groups excluding carboxylic acids is 1. The second-order valence-corrected chi connectivity index (χ2v) is 8.31. The van der Waals surface area contributed by atoms with Crippen LogP contribution < -0.4 is 5.32 Å². The van der Waals surface area contributed by atoms with Gasteiger partial charge in [-0.1, -0.05) is 61.9 Å². The number of aromatic nitrogens is 1. The zero-order valence-electron chi connectivity index (χ0n) is 15.0. The van der Waals surface area contributed by atoms with Gasteiger partial charge in [-0.15, -0.1) is 11.3 Å². The summed E-state index contributed by atoms with van der Waals surface area (Å²) < 4.78 is 0. The van der Waals surface area contributed by atoms with Crippen molar-refractivity contribution in [2.45, 2.75) is 44.9 Å². The van der Waals surface area contributed by atoms with Crippen molar-refractivity contribution < 1.29 is 14.7 Å². The molecule has 2 aromatic rings. The van der Waals surface area contributed by atoms with Crippen LogP contribution in [0.4, 0.5) is 5.13 Å². The molecule has 3 rings (SSSR count). The molecule has 0 spiro atoms. The Kier molecular flexibility index (Phi) is 6.85. The number of benzene rings is 1. The van der Waals surface area contributed by atoms with Gasteiger partial charge in [-0.3, -0.25) is 9.59 Å². The predicted octanol–water partition coefficient (Wildman–Crippen LogP) is 5.46. The average Bonchev–Trinajstić information content (AvgIpc) is 3.10. The summed E-state index contributed by atoms with van der Waals surface area (Å²) in [7, 11) is 0. The first-order valence-corrected chi connectivity index (χ1v) is 10.5. The lowest BCUT2D eigenvalue weighted by Gasteiger charge is -2.25. The van der Waals surface area contributed by atoms with Gasteiger partial charge in [-0.25, -0.2) is 4.98 Å². The molecule has 0 unspecified atom stereocenters. The van der Waals surface area contributed by atoms with Gasteiger partial charge in [-0.2, -0.15) is 0 Å². The summed E-state index contributed by atoms with van der Waals surface area (Å²) in [5.41, 5.74) is 1.50. The number of carboxylic acid groups (broad SMARTS) is 1. The smallest absolute Gasteiger partial charge is 0.304 e. The first-order valence-electron chi connectivity index (χ1n) is 9.26. The van der Waals surface area contributed by atoms with Crippen molar-refractivity contribution in [2.75, 3.05) is 5.32 Å². The maximum absolute atomic E-state index is 12.7. The minimum atomic E-state index is -0.943. The largest absolute Gasteiger partial charge is 0.481 e. The Labute approximate surface area is 167 Å². The van der Waals surface area contributed by atoms with Crippen LogP contribution in [0, 0.1) is 11.8 Å². The molecule has 1 fully saturated rings. The molecule has 0 bridgehead atoms. The quantitative estimate of drug-likeness (QED) is 0.639. The fraction of sp³-hybridized carbons (Fsp3) is 0.450. The van der Waals surface area contributed by atoms with Gasteiger partial charge in [0.1, 0.15) is 0 Å². The van der Waals surface area contributed by atoms with E-state index in [4.69, 9.17) is 11.6 Å². The molecule has 1 aromatic heterocycles. The number of anilines is 1. The zero-order chi connectivity index (χ0) is 19.2. The number of thiazole rings is 1. The van der Waals surface area contributed by atoms with Crippen LogP contribution in [0.25, 0.3) is 11.3 Å². The number of nitrogens with one attached hydrogen (secondary N) is 1. The lowest BCUT2D eigenvalue weighted by Crippen LogP contribution is -2.27. The van der Waals surface area contributed by atoms with Crippen molar-refractivity contribution in [1.82, 2.24) is 4.98 Å². The second kappa shape index (κ2) is 9.33. The first kappa shape index (κ1) is 19.8. The van der Waals surface area contributed by atoms with Crippen LogP contribution in [-0.2, 0) is 9.59 Å². The minimum Gasteiger partial charge on any atom is -0.481 e. The zero-order valence-corrected chi connectivity index (χ0v) is 16.6. The third-order valence-electron chi connectivity index (χ3n) is 5.02. The van der Waals surface area contributed by atoms with Crippen LogP contribution in [0.5, 0.6) is 0 Å². The van der Waals surface area contributed by atoms with Gasteiger partial charge in [0.05, 0.1) is 12.1 Å². The van der Waals surface area contributed by atoms with Gasteiger partial charge >= 0.3 is 5.97 Å². The number of nitrogens with zero attached hydrogens (tertiary/aromatic N) is 1. The third kappa shape index (κ3) is 5.53. The topological polar surface area (TPSA) is 79.3 Å². The average molecular weight is 407 g/mol. The number of carboxylic acids is 1. The number of halogens is 1. The molecule has 1 saturated carbocycles. The van der Waals surface area contributed by atoms with Crippen LogP contribution >= 0.6 is 22.9 Å². The molecule has 144 valence electrons. The molecule has 1 aliphatic carbocycles. The molecule has 1 atom stereocenters. The molecule has 0 saturated heterocycles. The Balaban J connectivity index is 1.67. The van der Waals surface area contributed by atoms with Crippen LogP contribution in [0.3, 0.4) is 0 Å². The molecule has 1 heterocycles. The number of carbonyl (C=O) groups is 2. The van der Waals surface area contributed by atoms with Crippen molar-refractivity contribution in [1.29, 1.82) is 0 Å².